The maximum absolute atomic E-state index is 2.62. The summed E-state index contributed by atoms with van der Waals surface area (Å²) in [4.78, 5) is 7.34. The number of anilines is 6. The fourth-order valence-corrected chi connectivity index (χ4v) is 6.14. The molecule has 4 aromatic rings. The molecule has 0 radical (unpaired) electrons. The molecule has 3 nitrogen and oxygen atoms in total. The molecule has 0 amide bonds. The summed E-state index contributed by atoms with van der Waals surface area (Å²) in [5.74, 6) is 0. The van der Waals surface area contributed by atoms with Crippen molar-refractivity contribution >= 4 is 51.9 Å². The highest BCUT2D eigenvalue weighted by Gasteiger charge is 2.42. The van der Waals surface area contributed by atoms with E-state index in [4.69, 9.17) is 0 Å². The molecular weight excluding hydrogens is 413 g/mol. The predicted octanol–water partition coefficient (Wildman–Crippen LogP) is 6.03. The van der Waals surface area contributed by atoms with Gasteiger partial charge in [0.1, 0.15) is 0 Å². The fraction of sp³-hybridized carbons (Fsp3) is 0.200. The van der Waals surface area contributed by atoms with Crippen LogP contribution in [-0.4, -0.2) is 20.9 Å². The van der Waals surface area contributed by atoms with E-state index >= 15 is 0 Å². The summed E-state index contributed by atoms with van der Waals surface area (Å²) in [5, 5.41) is 0. The molecule has 0 spiro atoms. The Hall–Kier alpha value is -3.66. The number of rotatable bonds is 1. The van der Waals surface area contributed by atoms with Gasteiger partial charge in [0.25, 0.3) is 0 Å². The predicted molar refractivity (Wildman–Crippen MR) is 148 cm³/mol. The largest absolute Gasteiger partial charge is 0.373 e. The Morgan fingerprint density at radius 3 is 1.41 bits per heavy atom. The van der Waals surface area contributed by atoms with Crippen molar-refractivity contribution in [2.24, 2.45) is 0 Å². The summed E-state index contributed by atoms with van der Waals surface area (Å²) >= 11 is 0. The minimum atomic E-state index is 0.0811. The van der Waals surface area contributed by atoms with E-state index in [0.717, 1.165) is 0 Å². The summed E-state index contributed by atoms with van der Waals surface area (Å²) in [7, 11) is 4.40. The minimum absolute atomic E-state index is 0.0811. The van der Waals surface area contributed by atoms with Gasteiger partial charge >= 0.3 is 6.85 Å². The van der Waals surface area contributed by atoms with Crippen LogP contribution in [0.3, 0.4) is 0 Å². The van der Waals surface area contributed by atoms with Crippen molar-refractivity contribution in [3.63, 3.8) is 0 Å². The highest BCUT2D eigenvalue weighted by molar-refractivity contribution is 6.92. The molecule has 34 heavy (non-hydrogen) atoms. The number of hydrogen-bond acceptors (Lipinski definition) is 3. The lowest BCUT2D eigenvalue weighted by molar-refractivity contribution is 1.11. The van der Waals surface area contributed by atoms with Crippen LogP contribution in [-0.2, 0) is 0 Å². The lowest BCUT2D eigenvalue weighted by atomic mass is 9.46. The molecule has 0 aliphatic carbocycles. The van der Waals surface area contributed by atoms with E-state index in [2.05, 4.69) is 129 Å². The quantitative estimate of drug-likeness (QED) is 0.333. The second-order valence-electron chi connectivity index (χ2n) is 9.91. The molecule has 6 rings (SSSR count). The molecule has 2 heterocycles. The van der Waals surface area contributed by atoms with Crippen molar-refractivity contribution in [3.05, 3.63) is 95.1 Å². The van der Waals surface area contributed by atoms with Crippen molar-refractivity contribution in [1.82, 2.24) is 0 Å². The SMILES string of the molecule is Cc1cc(C)c2c(c1)N(C)c1cc(C)cc(C)c1N2B1c2ccccc2N(C)c2ccccc21. The molecule has 0 saturated carbocycles. The van der Waals surface area contributed by atoms with E-state index in [1.54, 1.807) is 0 Å². The van der Waals surface area contributed by atoms with Gasteiger partial charge in [-0.05, 0) is 85.1 Å². The average molecular weight is 443 g/mol. The Kier molecular flexibility index (Phi) is 4.57. The molecule has 0 atom stereocenters. The summed E-state index contributed by atoms with van der Waals surface area (Å²) in [5.41, 5.74) is 15.5. The van der Waals surface area contributed by atoms with E-state index in [1.165, 1.54) is 67.3 Å². The molecule has 2 aliphatic heterocycles. The van der Waals surface area contributed by atoms with Crippen LogP contribution in [0.5, 0.6) is 0 Å². The zero-order chi connectivity index (χ0) is 23.7. The molecule has 0 unspecified atom stereocenters. The first-order chi connectivity index (χ1) is 16.4. The van der Waals surface area contributed by atoms with Gasteiger partial charge in [0.15, 0.2) is 0 Å². The van der Waals surface area contributed by atoms with Gasteiger partial charge in [0.2, 0.25) is 0 Å². The number of benzene rings is 4. The fourth-order valence-electron chi connectivity index (χ4n) is 6.14. The maximum atomic E-state index is 2.62. The van der Waals surface area contributed by atoms with E-state index < -0.39 is 0 Å². The normalized spacial score (nSPS) is 13.9. The third-order valence-electron chi connectivity index (χ3n) is 7.50. The Bertz CT molecular complexity index is 1350. The van der Waals surface area contributed by atoms with Crippen LogP contribution in [0.15, 0.2) is 72.8 Å². The number of fused-ring (bicyclic) bond motifs is 4. The van der Waals surface area contributed by atoms with Crippen LogP contribution in [0.1, 0.15) is 22.3 Å². The van der Waals surface area contributed by atoms with E-state index in [0.29, 0.717) is 0 Å². The topological polar surface area (TPSA) is 9.72 Å². The minimum Gasteiger partial charge on any atom is -0.373 e. The number of hydrogen-bond donors (Lipinski definition) is 0. The van der Waals surface area contributed by atoms with Gasteiger partial charge in [0, 0.05) is 25.5 Å². The van der Waals surface area contributed by atoms with Gasteiger partial charge in [-0.25, -0.2) is 0 Å². The number of aryl methyl sites for hydroxylation is 4. The van der Waals surface area contributed by atoms with Crippen LogP contribution in [0.4, 0.5) is 34.1 Å². The van der Waals surface area contributed by atoms with Crippen molar-refractivity contribution in [2.75, 3.05) is 28.7 Å². The molecule has 0 aromatic heterocycles. The van der Waals surface area contributed by atoms with Crippen LogP contribution < -0.4 is 25.5 Å². The summed E-state index contributed by atoms with van der Waals surface area (Å²) in [6.45, 7) is 8.99. The van der Waals surface area contributed by atoms with Gasteiger partial charge in [-0.15, -0.1) is 0 Å². The van der Waals surface area contributed by atoms with Gasteiger partial charge < -0.3 is 14.6 Å². The first-order valence-corrected chi connectivity index (χ1v) is 12.0. The monoisotopic (exact) mass is 443 g/mol. The Morgan fingerprint density at radius 1 is 0.529 bits per heavy atom. The Balaban J connectivity index is 1.74. The summed E-state index contributed by atoms with van der Waals surface area (Å²) in [6.07, 6.45) is 0. The highest BCUT2D eigenvalue weighted by Crippen LogP contribution is 2.51. The Labute approximate surface area is 203 Å². The lowest BCUT2D eigenvalue weighted by Crippen LogP contribution is -2.60. The van der Waals surface area contributed by atoms with Crippen LogP contribution in [0, 0.1) is 27.7 Å². The zero-order valence-corrected chi connectivity index (χ0v) is 20.8. The van der Waals surface area contributed by atoms with Crippen molar-refractivity contribution in [2.45, 2.75) is 27.7 Å². The van der Waals surface area contributed by atoms with Crippen molar-refractivity contribution < 1.29 is 0 Å². The Morgan fingerprint density at radius 2 is 0.941 bits per heavy atom. The van der Waals surface area contributed by atoms with E-state index in [-0.39, 0.29) is 6.85 Å². The molecular formula is C30H30BN3. The molecule has 4 heteroatoms. The van der Waals surface area contributed by atoms with Gasteiger partial charge in [0.05, 0.1) is 22.7 Å². The summed E-state index contributed by atoms with van der Waals surface area (Å²) < 4.78 is 0. The second-order valence-corrected chi connectivity index (χ2v) is 9.91. The number of para-hydroxylation sites is 2. The van der Waals surface area contributed by atoms with E-state index in [9.17, 15) is 0 Å². The summed E-state index contributed by atoms with van der Waals surface area (Å²) in [6, 6.07) is 27.1. The van der Waals surface area contributed by atoms with Crippen LogP contribution >= 0.6 is 0 Å². The average Bonchev–Trinajstić information content (AvgIpc) is 2.81. The molecule has 168 valence electrons. The van der Waals surface area contributed by atoms with Crippen LogP contribution in [0.25, 0.3) is 0 Å². The lowest BCUT2D eigenvalue weighted by Gasteiger charge is -2.46. The zero-order valence-electron chi connectivity index (χ0n) is 20.8. The van der Waals surface area contributed by atoms with Gasteiger partial charge in [-0.1, -0.05) is 48.5 Å². The third kappa shape index (κ3) is 2.84. The number of nitrogens with zero attached hydrogens (tertiary/aromatic N) is 3. The standard InChI is InChI=1S/C30H30BN3/c1-19-15-21(3)29-27(17-19)33(6)28-18-20(2)16-22(4)30(28)34(29)31-23-11-7-9-13-25(23)32(5)26-14-10-8-12-24(26)31/h7-18H,1-6H3. The van der Waals surface area contributed by atoms with E-state index in [1.807, 2.05) is 0 Å². The maximum Gasteiger partial charge on any atom is 0.332 e. The first-order valence-electron chi connectivity index (χ1n) is 12.0. The van der Waals surface area contributed by atoms with Crippen molar-refractivity contribution in [1.29, 1.82) is 0 Å². The highest BCUT2D eigenvalue weighted by atomic mass is 15.2. The molecule has 0 N–H and O–H groups in total. The third-order valence-corrected chi connectivity index (χ3v) is 7.50. The molecule has 0 saturated heterocycles. The second kappa shape index (κ2) is 7.43. The molecule has 4 aromatic carbocycles. The van der Waals surface area contributed by atoms with Gasteiger partial charge in [-0.3, -0.25) is 0 Å². The smallest absolute Gasteiger partial charge is 0.332 e. The molecule has 0 bridgehead atoms. The first kappa shape index (κ1) is 20.9. The molecule has 2 aliphatic rings. The van der Waals surface area contributed by atoms with Crippen molar-refractivity contribution in [3.8, 4) is 0 Å². The van der Waals surface area contributed by atoms with Crippen LogP contribution in [0.2, 0.25) is 0 Å². The van der Waals surface area contributed by atoms with Gasteiger partial charge in [-0.2, -0.15) is 0 Å². The molecule has 0 fully saturated rings.